The fourth-order valence-corrected chi connectivity index (χ4v) is 4.30. The average molecular weight is 423 g/mol. The quantitative estimate of drug-likeness (QED) is 0.413. The number of ketones is 1. The van der Waals surface area contributed by atoms with Crippen molar-refractivity contribution in [3.63, 3.8) is 0 Å². The van der Waals surface area contributed by atoms with Gasteiger partial charge in [0.2, 0.25) is 11.7 Å². The summed E-state index contributed by atoms with van der Waals surface area (Å²) >= 11 is 0. The number of carbonyl (C=O) groups excluding carboxylic acids is 1. The van der Waals surface area contributed by atoms with Gasteiger partial charge in [-0.25, -0.2) is 4.39 Å². The van der Waals surface area contributed by atoms with E-state index in [1.54, 1.807) is 12.1 Å². The zero-order valence-electron chi connectivity index (χ0n) is 18.0. The van der Waals surface area contributed by atoms with Gasteiger partial charge < -0.3 is 9.09 Å². The molecule has 1 fully saturated rings. The average Bonchev–Trinajstić information content (AvgIpc) is 3.36. The third-order valence-electron chi connectivity index (χ3n) is 5.95. The van der Waals surface area contributed by atoms with Gasteiger partial charge >= 0.3 is 0 Å². The Kier molecular flexibility index (Phi) is 6.13. The van der Waals surface area contributed by atoms with Crippen LogP contribution in [-0.4, -0.2) is 45.0 Å². The maximum atomic E-state index is 13.2. The Bertz CT molecular complexity index is 1080. The SMILES string of the molecule is C=CCn1c(C)cc(C(=O)CN2CCCC(c3nc(-c4ccc(F)cc4)no3)C2)c1C. The van der Waals surface area contributed by atoms with Gasteiger partial charge in [-0.15, -0.1) is 6.58 Å². The minimum absolute atomic E-state index is 0.0800. The topological polar surface area (TPSA) is 64.2 Å². The van der Waals surface area contributed by atoms with Gasteiger partial charge in [0.1, 0.15) is 5.82 Å². The lowest BCUT2D eigenvalue weighted by Crippen LogP contribution is -2.38. The third kappa shape index (κ3) is 4.51. The first-order valence-corrected chi connectivity index (χ1v) is 10.6. The largest absolute Gasteiger partial charge is 0.345 e. The maximum Gasteiger partial charge on any atom is 0.231 e. The van der Waals surface area contributed by atoms with Crippen molar-refractivity contribution >= 4 is 5.78 Å². The number of likely N-dealkylation sites (tertiary alicyclic amines) is 1. The van der Waals surface area contributed by atoms with Crippen LogP contribution in [0.1, 0.15) is 46.4 Å². The molecule has 0 saturated carbocycles. The molecule has 7 heteroatoms. The molecular formula is C24H27FN4O2. The number of benzene rings is 1. The third-order valence-corrected chi connectivity index (χ3v) is 5.95. The van der Waals surface area contributed by atoms with Gasteiger partial charge in [-0.1, -0.05) is 11.2 Å². The highest BCUT2D eigenvalue weighted by molar-refractivity contribution is 5.99. The van der Waals surface area contributed by atoms with Crippen LogP contribution >= 0.6 is 0 Å². The Labute approximate surface area is 181 Å². The number of Topliss-reactive ketones (excluding diaryl/α,β-unsaturated/α-hetero) is 1. The second kappa shape index (κ2) is 8.98. The molecule has 1 aromatic carbocycles. The van der Waals surface area contributed by atoms with Crippen molar-refractivity contribution in [1.82, 2.24) is 19.6 Å². The molecular weight excluding hydrogens is 395 g/mol. The molecule has 0 N–H and O–H groups in total. The molecule has 3 aromatic rings. The van der Waals surface area contributed by atoms with Crippen molar-refractivity contribution in [2.75, 3.05) is 19.6 Å². The van der Waals surface area contributed by atoms with E-state index in [1.165, 1.54) is 12.1 Å². The monoisotopic (exact) mass is 422 g/mol. The van der Waals surface area contributed by atoms with Gasteiger partial charge in [0.05, 0.1) is 12.5 Å². The van der Waals surface area contributed by atoms with Gasteiger partial charge in [0.25, 0.3) is 0 Å². The smallest absolute Gasteiger partial charge is 0.231 e. The Balaban J connectivity index is 1.43. The molecule has 1 aliphatic rings. The van der Waals surface area contributed by atoms with Crippen LogP contribution in [-0.2, 0) is 6.54 Å². The lowest BCUT2D eigenvalue weighted by atomic mass is 9.97. The molecule has 1 unspecified atom stereocenters. The fourth-order valence-electron chi connectivity index (χ4n) is 4.30. The van der Waals surface area contributed by atoms with Crippen molar-refractivity contribution in [2.45, 2.75) is 39.2 Å². The summed E-state index contributed by atoms with van der Waals surface area (Å²) in [4.78, 5) is 19.7. The molecule has 4 rings (SSSR count). The molecule has 31 heavy (non-hydrogen) atoms. The van der Waals surface area contributed by atoms with Crippen molar-refractivity contribution in [3.8, 4) is 11.4 Å². The molecule has 1 saturated heterocycles. The molecule has 3 heterocycles. The predicted molar refractivity (Wildman–Crippen MR) is 117 cm³/mol. The van der Waals surface area contributed by atoms with E-state index in [0.29, 0.717) is 36.9 Å². The van der Waals surface area contributed by atoms with Gasteiger partial charge in [0.15, 0.2) is 5.78 Å². The molecule has 6 nitrogen and oxygen atoms in total. The van der Waals surface area contributed by atoms with E-state index in [4.69, 9.17) is 4.52 Å². The molecule has 0 radical (unpaired) electrons. The number of carbonyl (C=O) groups is 1. The lowest BCUT2D eigenvalue weighted by molar-refractivity contribution is 0.0898. The number of aryl methyl sites for hydroxylation is 1. The number of hydrogen-bond acceptors (Lipinski definition) is 5. The predicted octanol–water partition coefficient (Wildman–Crippen LogP) is 4.54. The first-order chi connectivity index (χ1) is 15.0. The normalized spacial score (nSPS) is 17.1. The van der Waals surface area contributed by atoms with Crippen LogP contribution in [0.2, 0.25) is 0 Å². The Hall–Kier alpha value is -3.06. The van der Waals surface area contributed by atoms with Gasteiger partial charge in [0, 0.05) is 35.6 Å². The number of halogens is 1. The minimum Gasteiger partial charge on any atom is -0.345 e. The fraction of sp³-hybridized carbons (Fsp3) is 0.375. The molecule has 1 atom stereocenters. The first-order valence-electron chi connectivity index (χ1n) is 10.6. The zero-order chi connectivity index (χ0) is 22.0. The second-order valence-electron chi connectivity index (χ2n) is 8.14. The summed E-state index contributed by atoms with van der Waals surface area (Å²) in [5.41, 5.74) is 3.54. The van der Waals surface area contributed by atoms with Gasteiger partial charge in [-0.3, -0.25) is 9.69 Å². The summed E-state index contributed by atoms with van der Waals surface area (Å²) in [5.74, 6) is 0.932. The molecule has 0 bridgehead atoms. The highest BCUT2D eigenvalue weighted by Crippen LogP contribution is 2.28. The van der Waals surface area contributed by atoms with E-state index in [1.807, 2.05) is 26.0 Å². The molecule has 0 spiro atoms. The summed E-state index contributed by atoms with van der Waals surface area (Å²) in [7, 11) is 0. The van der Waals surface area contributed by atoms with Crippen LogP contribution in [0.5, 0.6) is 0 Å². The summed E-state index contributed by atoms with van der Waals surface area (Å²) in [5, 5.41) is 4.06. The summed E-state index contributed by atoms with van der Waals surface area (Å²) in [6.45, 7) is 10.4. The van der Waals surface area contributed by atoms with E-state index >= 15 is 0 Å². The van der Waals surface area contributed by atoms with Gasteiger partial charge in [-0.2, -0.15) is 4.98 Å². The van der Waals surface area contributed by atoms with E-state index in [0.717, 1.165) is 36.3 Å². The molecule has 162 valence electrons. The number of rotatable bonds is 7. The Morgan fingerprint density at radius 1 is 1.32 bits per heavy atom. The van der Waals surface area contributed by atoms with E-state index in [2.05, 4.69) is 26.2 Å². The molecule has 0 aliphatic carbocycles. The molecule has 1 aliphatic heterocycles. The van der Waals surface area contributed by atoms with E-state index in [-0.39, 0.29) is 17.5 Å². The van der Waals surface area contributed by atoms with Crippen LogP contribution in [0.3, 0.4) is 0 Å². The standard InChI is InChI=1S/C24H27FN4O2/c1-4-11-29-16(2)13-21(17(29)3)22(30)15-28-12-5-6-19(14-28)24-26-23(27-31-24)18-7-9-20(25)10-8-18/h4,7-10,13,19H,1,5-6,11-12,14-15H2,2-3H3. The van der Waals surface area contributed by atoms with Crippen molar-refractivity contribution < 1.29 is 13.7 Å². The van der Waals surface area contributed by atoms with Crippen molar-refractivity contribution in [1.29, 1.82) is 0 Å². The van der Waals surface area contributed by atoms with Crippen LogP contribution in [0, 0.1) is 19.7 Å². The van der Waals surface area contributed by atoms with Crippen molar-refractivity contribution in [2.24, 2.45) is 0 Å². The highest BCUT2D eigenvalue weighted by atomic mass is 19.1. The van der Waals surface area contributed by atoms with E-state index in [9.17, 15) is 9.18 Å². The Morgan fingerprint density at radius 3 is 2.84 bits per heavy atom. The van der Waals surface area contributed by atoms with Crippen LogP contribution in [0.25, 0.3) is 11.4 Å². The Morgan fingerprint density at radius 2 is 2.10 bits per heavy atom. The van der Waals surface area contributed by atoms with E-state index < -0.39 is 0 Å². The zero-order valence-corrected chi connectivity index (χ0v) is 18.0. The number of aromatic nitrogens is 3. The van der Waals surface area contributed by atoms with Crippen LogP contribution < -0.4 is 0 Å². The number of piperidine rings is 1. The van der Waals surface area contributed by atoms with Crippen molar-refractivity contribution in [3.05, 3.63) is 71.6 Å². The molecule has 0 amide bonds. The van der Waals surface area contributed by atoms with Gasteiger partial charge in [-0.05, 0) is 63.6 Å². The number of allylic oxidation sites excluding steroid dienone is 1. The molecule has 2 aromatic heterocycles. The van der Waals surface area contributed by atoms with Crippen LogP contribution in [0.15, 0.2) is 47.5 Å². The first kappa shape index (κ1) is 21.2. The van der Waals surface area contributed by atoms with Crippen LogP contribution in [0.4, 0.5) is 4.39 Å². The number of nitrogens with zero attached hydrogens (tertiary/aromatic N) is 4. The maximum absolute atomic E-state index is 13.2. The highest BCUT2D eigenvalue weighted by Gasteiger charge is 2.28. The number of hydrogen-bond donors (Lipinski definition) is 0. The summed E-state index contributed by atoms with van der Waals surface area (Å²) in [6.07, 6.45) is 3.74. The summed E-state index contributed by atoms with van der Waals surface area (Å²) in [6, 6.07) is 8.00. The lowest BCUT2D eigenvalue weighted by Gasteiger charge is -2.30. The second-order valence-corrected chi connectivity index (χ2v) is 8.14. The summed E-state index contributed by atoms with van der Waals surface area (Å²) < 4.78 is 20.8. The minimum atomic E-state index is -0.301.